The lowest BCUT2D eigenvalue weighted by molar-refractivity contribution is -0.133. The molecule has 3 aliphatic rings. The normalized spacial score (nSPS) is 30.0. The van der Waals surface area contributed by atoms with Gasteiger partial charge in [-0.3, -0.25) is 4.79 Å². The van der Waals surface area contributed by atoms with Crippen LogP contribution in [-0.2, 0) is 4.79 Å². The molecule has 1 saturated carbocycles. The van der Waals surface area contributed by atoms with Crippen LogP contribution in [0.3, 0.4) is 0 Å². The van der Waals surface area contributed by atoms with E-state index in [1.807, 2.05) is 0 Å². The number of hydrogen-bond acceptors (Lipinski definition) is 2. The Morgan fingerprint density at radius 1 is 1.09 bits per heavy atom. The molecule has 0 aromatic heterocycles. The molecule has 3 heteroatoms. The molecular formula is C20H28N2O. The predicted molar refractivity (Wildman–Crippen MR) is 92.3 cm³/mol. The fourth-order valence-corrected chi connectivity index (χ4v) is 4.77. The number of carbonyl (C=O) groups is 1. The molecule has 1 spiro atoms. The third-order valence-corrected chi connectivity index (χ3v) is 6.40. The number of nitrogens with one attached hydrogen (secondary N) is 1. The molecule has 2 heterocycles. The maximum absolute atomic E-state index is 12.9. The molecule has 23 heavy (non-hydrogen) atoms. The number of rotatable bonds is 2. The van der Waals surface area contributed by atoms with Crippen LogP contribution in [0.2, 0.25) is 0 Å². The van der Waals surface area contributed by atoms with E-state index in [0.29, 0.717) is 23.2 Å². The van der Waals surface area contributed by atoms with Crippen molar-refractivity contribution >= 4 is 5.91 Å². The van der Waals surface area contributed by atoms with Crippen molar-refractivity contribution in [3.05, 3.63) is 35.9 Å². The minimum absolute atomic E-state index is 0.331. The molecule has 1 aromatic rings. The maximum atomic E-state index is 12.9. The zero-order valence-electron chi connectivity index (χ0n) is 14.0. The molecule has 2 saturated heterocycles. The number of piperidine rings is 1. The molecule has 1 aromatic carbocycles. The Morgan fingerprint density at radius 2 is 1.87 bits per heavy atom. The number of carbonyl (C=O) groups excluding carboxylic acids is 1. The highest BCUT2D eigenvalue weighted by atomic mass is 16.2. The van der Waals surface area contributed by atoms with Crippen molar-refractivity contribution in [2.75, 3.05) is 26.2 Å². The first-order valence-corrected chi connectivity index (χ1v) is 9.33. The lowest BCUT2D eigenvalue weighted by Gasteiger charge is -2.26. The highest BCUT2D eigenvalue weighted by Gasteiger charge is 2.58. The molecule has 2 aliphatic heterocycles. The van der Waals surface area contributed by atoms with Crippen molar-refractivity contribution in [2.45, 2.75) is 44.4 Å². The number of benzene rings is 1. The van der Waals surface area contributed by atoms with Crippen molar-refractivity contribution in [3.8, 4) is 0 Å². The van der Waals surface area contributed by atoms with Crippen molar-refractivity contribution in [3.63, 3.8) is 0 Å². The molecule has 2 atom stereocenters. The van der Waals surface area contributed by atoms with Crippen LogP contribution in [0, 0.1) is 11.3 Å². The Labute approximate surface area is 139 Å². The van der Waals surface area contributed by atoms with Gasteiger partial charge in [0, 0.05) is 19.0 Å². The average molecular weight is 312 g/mol. The minimum atomic E-state index is 0.331. The SMILES string of the molecule is O=C(C1CC12CCNCC2)N1CCCC(c2ccccc2)CC1. The summed E-state index contributed by atoms with van der Waals surface area (Å²) >= 11 is 0. The Morgan fingerprint density at radius 3 is 2.65 bits per heavy atom. The Bertz CT molecular complexity index is 550. The predicted octanol–water partition coefficient (Wildman–Crippen LogP) is 3.17. The fourth-order valence-electron chi connectivity index (χ4n) is 4.77. The second-order valence-electron chi connectivity index (χ2n) is 7.73. The first-order chi connectivity index (χ1) is 11.3. The highest BCUT2D eigenvalue weighted by molar-refractivity contribution is 5.82. The topological polar surface area (TPSA) is 32.3 Å². The summed E-state index contributed by atoms with van der Waals surface area (Å²) < 4.78 is 0. The fraction of sp³-hybridized carbons (Fsp3) is 0.650. The zero-order valence-corrected chi connectivity index (χ0v) is 14.0. The number of likely N-dealkylation sites (tertiary alicyclic amines) is 1. The second kappa shape index (κ2) is 6.27. The number of amides is 1. The quantitative estimate of drug-likeness (QED) is 0.910. The number of nitrogens with zero attached hydrogens (tertiary/aromatic N) is 1. The van der Waals surface area contributed by atoms with Gasteiger partial charge >= 0.3 is 0 Å². The van der Waals surface area contributed by atoms with Gasteiger partial charge in [-0.25, -0.2) is 0 Å². The van der Waals surface area contributed by atoms with Gasteiger partial charge < -0.3 is 10.2 Å². The Balaban J connectivity index is 1.37. The van der Waals surface area contributed by atoms with Gasteiger partial charge in [0.15, 0.2) is 0 Å². The van der Waals surface area contributed by atoms with Crippen LogP contribution in [0.25, 0.3) is 0 Å². The highest BCUT2D eigenvalue weighted by Crippen LogP contribution is 2.59. The van der Waals surface area contributed by atoms with Gasteiger partial charge in [-0.05, 0) is 68.5 Å². The van der Waals surface area contributed by atoms with E-state index < -0.39 is 0 Å². The summed E-state index contributed by atoms with van der Waals surface area (Å²) in [5.74, 6) is 1.42. The van der Waals surface area contributed by atoms with E-state index in [4.69, 9.17) is 0 Å². The van der Waals surface area contributed by atoms with Gasteiger partial charge in [-0.2, -0.15) is 0 Å². The van der Waals surface area contributed by atoms with Gasteiger partial charge in [-0.15, -0.1) is 0 Å². The maximum Gasteiger partial charge on any atom is 0.226 e. The summed E-state index contributed by atoms with van der Waals surface area (Å²) in [6.45, 7) is 4.11. The second-order valence-corrected chi connectivity index (χ2v) is 7.73. The minimum Gasteiger partial charge on any atom is -0.342 e. The Hall–Kier alpha value is -1.35. The van der Waals surface area contributed by atoms with Gasteiger partial charge in [0.2, 0.25) is 5.91 Å². The Kier molecular flexibility index (Phi) is 4.14. The summed E-state index contributed by atoms with van der Waals surface area (Å²) in [5.41, 5.74) is 1.82. The van der Waals surface area contributed by atoms with E-state index >= 15 is 0 Å². The van der Waals surface area contributed by atoms with Crippen molar-refractivity contribution in [1.29, 1.82) is 0 Å². The van der Waals surface area contributed by atoms with E-state index in [1.54, 1.807) is 0 Å². The molecule has 0 bridgehead atoms. The van der Waals surface area contributed by atoms with Crippen molar-refractivity contribution < 1.29 is 4.79 Å². The molecule has 124 valence electrons. The van der Waals surface area contributed by atoms with Crippen LogP contribution < -0.4 is 5.32 Å². The van der Waals surface area contributed by atoms with Crippen LogP contribution in [0.4, 0.5) is 0 Å². The summed E-state index contributed by atoms with van der Waals surface area (Å²) in [7, 11) is 0. The first kappa shape index (κ1) is 15.2. The summed E-state index contributed by atoms with van der Waals surface area (Å²) in [6, 6.07) is 10.8. The molecule has 3 nitrogen and oxygen atoms in total. The molecule has 1 N–H and O–H groups in total. The van der Waals surface area contributed by atoms with Crippen molar-refractivity contribution in [2.24, 2.45) is 11.3 Å². The third-order valence-electron chi connectivity index (χ3n) is 6.40. The molecule has 4 rings (SSSR count). The van der Waals surface area contributed by atoms with E-state index in [0.717, 1.165) is 45.4 Å². The lowest BCUT2D eigenvalue weighted by atomic mass is 9.91. The average Bonchev–Trinajstić information content (AvgIpc) is 3.34. The zero-order chi connectivity index (χ0) is 15.7. The van der Waals surface area contributed by atoms with Gasteiger partial charge in [0.05, 0.1) is 0 Å². The van der Waals surface area contributed by atoms with E-state index in [9.17, 15) is 4.79 Å². The monoisotopic (exact) mass is 312 g/mol. The lowest BCUT2D eigenvalue weighted by Crippen LogP contribution is -2.37. The van der Waals surface area contributed by atoms with Crippen LogP contribution in [0.5, 0.6) is 0 Å². The van der Waals surface area contributed by atoms with E-state index in [2.05, 4.69) is 40.5 Å². The smallest absolute Gasteiger partial charge is 0.226 e. The van der Waals surface area contributed by atoms with Crippen LogP contribution in [0.15, 0.2) is 30.3 Å². The van der Waals surface area contributed by atoms with Crippen LogP contribution >= 0.6 is 0 Å². The van der Waals surface area contributed by atoms with Gasteiger partial charge in [0.1, 0.15) is 0 Å². The number of hydrogen-bond donors (Lipinski definition) is 1. The van der Waals surface area contributed by atoms with E-state index in [1.165, 1.54) is 24.8 Å². The molecular weight excluding hydrogens is 284 g/mol. The van der Waals surface area contributed by atoms with Crippen LogP contribution in [-0.4, -0.2) is 37.0 Å². The molecule has 3 fully saturated rings. The van der Waals surface area contributed by atoms with Gasteiger partial charge in [-0.1, -0.05) is 30.3 Å². The van der Waals surface area contributed by atoms with Gasteiger partial charge in [0.25, 0.3) is 0 Å². The molecule has 0 radical (unpaired) electrons. The van der Waals surface area contributed by atoms with Crippen molar-refractivity contribution in [1.82, 2.24) is 10.2 Å². The molecule has 2 unspecified atom stereocenters. The summed E-state index contributed by atoms with van der Waals surface area (Å²) in [4.78, 5) is 15.1. The largest absolute Gasteiger partial charge is 0.342 e. The summed E-state index contributed by atoms with van der Waals surface area (Å²) in [5, 5.41) is 3.43. The molecule has 1 amide bonds. The third kappa shape index (κ3) is 3.03. The molecule has 1 aliphatic carbocycles. The first-order valence-electron chi connectivity index (χ1n) is 9.33. The van der Waals surface area contributed by atoms with E-state index in [-0.39, 0.29) is 0 Å². The summed E-state index contributed by atoms with van der Waals surface area (Å²) in [6.07, 6.45) is 7.02. The van der Waals surface area contributed by atoms with Crippen LogP contribution in [0.1, 0.15) is 50.0 Å². The standard InChI is InChI=1S/C20H28N2O/c23-19(18-15-20(18)9-11-21-12-10-20)22-13-4-7-17(8-14-22)16-5-2-1-3-6-16/h1-3,5-6,17-18,21H,4,7-15H2.